The number of carbonyl (C=O) groups is 1. The molecule has 1 aromatic rings. The average molecular weight is 252 g/mol. The van der Waals surface area contributed by atoms with Crippen LogP contribution in [-0.4, -0.2) is 30.6 Å². The van der Waals surface area contributed by atoms with Crippen molar-refractivity contribution >= 4 is 29.0 Å². The van der Waals surface area contributed by atoms with E-state index in [1.54, 1.807) is 11.8 Å². The molecule has 0 bridgehead atoms. The first-order chi connectivity index (χ1) is 8.24. The number of fused-ring (bicyclic) bond motifs is 1. The van der Waals surface area contributed by atoms with Crippen molar-refractivity contribution in [1.29, 1.82) is 0 Å². The van der Waals surface area contributed by atoms with Gasteiger partial charge < -0.3 is 15.4 Å². The van der Waals surface area contributed by atoms with E-state index in [4.69, 9.17) is 4.74 Å². The number of hydrogen-bond donors (Lipinski definition) is 2. The van der Waals surface area contributed by atoms with E-state index in [0.717, 1.165) is 22.9 Å². The van der Waals surface area contributed by atoms with Crippen molar-refractivity contribution < 1.29 is 9.53 Å². The number of ether oxygens (including phenoxy) is 1. The van der Waals surface area contributed by atoms with Crippen molar-refractivity contribution in [2.45, 2.75) is 13.0 Å². The van der Waals surface area contributed by atoms with Gasteiger partial charge in [0.15, 0.2) is 0 Å². The van der Waals surface area contributed by atoms with Crippen LogP contribution in [0.1, 0.15) is 6.92 Å². The Bertz CT molecular complexity index is 423. The summed E-state index contributed by atoms with van der Waals surface area (Å²) in [7, 11) is 0. The van der Waals surface area contributed by atoms with Crippen molar-refractivity contribution in [3.8, 4) is 5.75 Å². The molecule has 1 aromatic carbocycles. The van der Waals surface area contributed by atoms with Crippen LogP contribution in [0.2, 0.25) is 0 Å². The van der Waals surface area contributed by atoms with Gasteiger partial charge in [-0.15, -0.1) is 0 Å². The molecule has 1 aliphatic heterocycles. The van der Waals surface area contributed by atoms with Crippen molar-refractivity contribution in [3.05, 3.63) is 18.2 Å². The van der Waals surface area contributed by atoms with E-state index in [1.807, 2.05) is 31.4 Å². The van der Waals surface area contributed by atoms with E-state index >= 15 is 0 Å². The molecule has 0 aliphatic carbocycles. The maximum atomic E-state index is 11.7. The van der Waals surface area contributed by atoms with Crippen LogP contribution in [0.5, 0.6) is 5.75 Å². The van der Waals surface area contributed by atoms with E-state index in [2.05, 4.69) is 10.6 Å². The standard InChI is InChI=1S/C12H16N2O2S/c1-3-16-8-4-5-9-10(6-8)13-11(7-17-2)12(15)14-9/h4-6,11,13H,3,7H2,1-2H3,(H,14,15)/t11-/m0/s1. The highest BCUT2D eigenvalue weighted by molar-refractivity contribution is 7.98. The van der Waals surface area contributed by atoms with Gasteiger partial charge in [0.05, 0.1) is 18.0 Å². The van der Waals surface area contributed by atoms with Crippen LogP contribution >= 0.6 is 11.8 Å². The summed E-state index contributed by atoms with van der Waals surface area (Å²) in [5.74, 6) is 1.60. The molecule has 17 heavy (non-hydrogen) atoms. The van der Waals surface area contributed by atoms with Crippen molar-refractivity contribution in [2.75, 3.05) is 29.2 Å². The van der Waals surface area contributed by atoms with Gasteiger partial charge >= 0.3 is 0 Å². The van der Waals surface area contributed by atoms with Crippen LogP contribution in [0.15, 0.2) is 18.2 Å². The monoisotopic (exact) mass is 252 g/mol. The fraction of sp³-hybridized carbons (Fsp3) is 0.417. The summed E-state index contributed by atoms with van der Waals surface area (Å²) in [5.41, 5.74) is 1.74. The minimum absolute atomic E-state index is 0.0241. The zero-order valence-electron chi connectivity index (χ0n) is 9.95. The molecule has 92 valence electrons. The Morgan fingerprint density at radius 2 is 2.24 bits per heavy atom. The molecule has 1 aliphatic rings. The van der Waals surface area contributed by atoms with Crippen molar-refractivity contribution in [1.82, 2.24) is 0 Å². The lowest BCUT2D eigenvalue weighted by Crippen LogP contribution is -2.40. The molecule has 0 unspecified atom stereocenters. The largest absolute Gasteiger partial charge is 0.494 e. The fourth-order valence-electron chi connectivity index (χ4n) is 1.77. The van der Waals surface area contributed by atoms with Crippen LogP contribution in [0.4, 0.5) is 11.4 Å². The Hall–Kier alpha value is -1.36. The van der Waals surface area contributed by atoms with Crippen LogP contribution in [-0.2, 0) is 4.79 Å². The van der Waals surface area contributed by atoms with Gasteiger partial charge in [-0.1, -0.05) is 0 Å². The van der Waals surface area contributed by atoms with Gasteiger partial charge in [0.25, 0.3) is 0 Å². The molecule has 4 nitrogen and oxygen atoms in total. The summed E-state index contributed by atoms with van der Waals surface area (Å²) in [5, 5.41) is 6.13. The molecular weight excluding hydrogens is 236 g/mol. The number of hydrogen-bond acceptors (Lipinski definition) is 4. The smallest absolute Gasteiger partial charge is 0.247 e. The molecule has 0 saturated heterocycles. The third kappa shape index (κ3) is 2.66. The third-order valence-corrected chi connectivity index (χ3v) is 3.21. The van der Waals surface area contributed by atoms with Gasteiger partial charge in [-0.25, -0.2) is 0 Å². The number of anilines is 2. The van der Waals surface area contributed by atoms with Crippen molar-refractivity contribution in [3.63, 3.8) is 0 Å². The van der Waals surface area contributed by atoms with Gasteiger partial charge in [0.2, 0.25) is 5.91 Å². The zero-order valence-corrected chi connectivity index (χ0v) is 10.8. The van der Waals surface area contributed by atoms with Gasteiger partial charge in [-0.05, 0) is 25.3 Å². The van der Waals surface area contributed by atoms with Gasteiger partial charge in [0.1, 0.15) is 11.8 Å². The van der Waals surface area contributed by atoms with Crippen LogP contribution < -0.4 is 15.4 Å². The SMILES string of the molecule is CCOc1ccc2c(c1)N[C@@H](CSC)C(=O)N2. The normalized spacial score (nSPS) is 18.0. The quantitative estimate of drug-likeness (QED) is 0.862. The number of carbonyl (C=O) groups excluding carboxylic acids is 1. The molecule has 1 atom stereocenters. The molecule has 1 amide bonds. The van der Waals surface area contributed by atoms with Crippen molar-refractivity contribution in [2.24, 2.45) is 0 Å². The number of benzene rings is 1. The first-order valence-corrected chi connectivity index (χ1v) is 6.97. The highest BCUT2D eigenvalue weighted by atomic mass is 32.2. The van der Waals surface area contributed by atoms with Crippen LogP contribution in [0.25, 0.3) is 0 Å². The molecule has 5 heteroatoms. The second-order valence-corrected chi connectivity index (χ2v) is 4.69. The molecular formula is C12H16N2O2S. The second kappa shape index (κ2) is 5.31. The summed E-state index contributed by atoms with van der Waals surface area (Å²) in [6.45, 7) is 2.59. The van der Waals surface area contributed by atoms with E-state index in [9.17, 15) is 4.79 Å². The van der Waals surface area contributed by atoms with E-state index in [-0.39, 0.29) is 11.9 Å². The fourth-order valence-corrected chi connectivity index (χ4v) is 2.33. The molecule has 2 rings (SSSR count). The molecule has 1 heterocycles. The number of thioether (sulfide) groups is 1. The number of nitrogens with one attached hydrogen (secondary N) is 2. The summed E-state index contributed by atoms with van der Waals surface area (Å²) in [6, 6.07) is 5.47. The Labute approximate surface area is 105 Å². The number of amides is 1. The van der Waals surface area contributed by atoms with Crippen LogP contribution in [0.3, 0.4) is 0 Å². The van der Waals surface area contributed by atoms with Gasteiger partial charge in [-0.2, -0.15) is 11.8 Å². The summed E-state index contributed by atoms with van der Waals surface area (Å²) < 4.78 is 5.44. The predicted molar refractivity (Wildman–Crippen MR) is 72.0 cm³/mol. The Balaban J connectivity index is 2.21. The Morgan fingerprint density at radius 1 is 1.41 bits per heavy atom. The summed E-state index contributed by atoms with van der Waals surface area (Å²) in [4.78, 5) is 11.7. The molecule has 0 aromatic heterocycles. The van der Waals surface area contributed by atoms with E-state index < -0.39 is 0 Å². The Morgan fingerprint density at radius 3 is 2.94 bits per heavy atom. The lowest BCUT2D eigenvalue weighted by molar-refractivity contribution is -0.116. The lowest BCUT2D eigenvalue weighted by atomic mass is 10.1. The zero-order chi connectivity index (χ0) is 12.3. The predicted octanol–water partition coefficient (Wildman–Crippen LogP) is 2.18. The third-order valence-electron chi connectivity index (χ3n) is 2.54. The minimum atomic E-state index is -0.172. The maximum Gasteiger partial charge on any atom is 0.247 e. The number of rotatable bonds is 4. The minimum Gasteiger partial charge on any atom is -0.494 e. The van der Waals surface area contributed by atoms with Crippen LogP contribution in [0, 0.1) is 0 Å². The Kier molecular flexibility index (Phi) is 3.78. The first kappa shape index (κ1) is 12.1. The summed E-state index contributed by atoms with van der Waals surface area (Å²) >= 11 is 1.65. The maximum absolute atomic E-state index is 11.7. The lowest BCUT2D eigenvalue weighted by Gasteiger charge is -2.26. The van der Waals surface area contributed by atoms with Gasteiger partial charge in [0, 0.05) is 11.8 Å². The molecule has 0 fully saturated rings. The van der Waals surface area contributed by atoms with Gasteiger partial charge in [-0.3, -0.25) is 4.79 Å². The highest BCUT2D eigenvalue weighted by Gasteiger charge is 2.24. The average Bonchev–Trinajstić information content (AvgIpc) is 2.31. The van der Waals surface area contributed by atoms with E-state index in [0.29, 0.717) is 6.61 Å². The first-order valence-electron chi connectivity index (χ1n) is 5.57. The second-order valence-electron chi connectivity index (χ2n) is 3.78. The highest BCUT2D eigenvalue weighted by Crippen LogP contribution is 2.31. The molecule has 2 N–H and O–H groups in total. The summed E-state index contributed by atoms with van der Waals surface area (Å²) in [6.07, 6.45) is 1.99. The van der Waals surface area contributed by atoms with E-state index in [1.165, 1.54) is 0 Å². The molecule has 0 spiro atoms. The molecule has 0 saturated carbocycles. The topological polar surface area (TPSA) is 50.4 Å². The molecule has 0 radical (unpaired) electrons.